The van der Waals surface area contributed by atoms with Crippen molar-refractivity contribution in [3.8, 4) is 0 Å². The van der Waals surface area contributed by atoms with Gasteiger partial charge in [0.2, 0.25) is 0 Å². The molecule has 0 unspecified atom stereocenters. The molecule has 26 heavy (non-hydrogen) atoms. The number of carbonyl (C=O) groups excluding carboxylic acids is 1. The maximum atomic E-state index is 14.4. The summed E-state index contributed by atoms with van der Waals surface area (Å²) in [6.07, 6.45) is -0.225. The van der Waals surface area contributed by atoms with Gasteiger partial charge >= 0.3 is 0 Å². The van der Waals surface area contributed by atoms with E-state index < -0.39 is 17.5 Å². The molecule has 0 bridgehead atoms. The van der Waals surface area contributed by atoms with Crippen LogP contribution in [-0.2, 0) is 16.7 Å². The largest absolute Gasteiger partial charge is 0.462 e. The van der Waals surface area contributed by atoms with Gasteiger partial charge in [0.25, 0.3) is 6.02 Å². The number of hydrogen-bond acceptors (Lipinski definition) is 5. The molecule has 0 amide bonds. The van der Waals surface area contributed by atoms with Crippen molar-refractivity contribution in [2.24, 2.45) is 10.7 Å². The summed E-state index contributed by atoms with van der Waals surface area (Å²) in [6.45, 7) is 1.13. The van der Waals surface area contributed by atoms with Crippen LogP contribution in [0.3, 0.4) is 0 Å². The zero-order valence-corrected chi connectivity index (χ0v) is 14.6. The Morgan fingerprint density at radius 2 is 2.19 bits per heavy atom. The zero-order valence-electron chi connectivity index (χ0n) is 13.9. The normalized spacial score (nSPS) is 22.5. The van der Waals surface area contributed by atoms with Crippen molar-refractivity contribution in [3.05, 3.63) is 64.2 Å². The summed E-state index contributed by atoms with van der Waals surface area (Å²) >= 11 is 5.76. The minimum absolute atomic E-state index is 0.0191. The average Bonchev–Trinajstić information content (AvgIpc) is 2.60. The second-order valence-electron chi connectivity index (χ2n) is 6.15. The standard InChI is InChI=1S/C18H16ClF2N3O2/c1-18(16(21)9-26-17(22)24-18)12-6-10(2-4-13(12)20)7-15(25)14-5-3-11(19)8-23-14/h2-6,8,16H,7,9H2,1H3,(H2,22,24)/t16-,18+/m0/s1. The first-order valence-corrected chi connectivity index (χ1v) is 8.23. The third-order valence-corrected chi connectivity index (χ3v) is 4.51. The first-order chi connectivity index (χ1) is 12.3. The molecule has 2 atom stereocenters. The van der Waals surface area contributed by atoms with Gasteiger partial charge in [-0.25, -0.2) is 13.8 Å². The Labute approximate surface area is 153 Å². The van der Waals surface area contributed by atoms with E-state index in [0.717, 1.165) is 0 Å². The topological polar surface area (TPSA) is 77.6 Å². The molecule has 0 aliphatic carbocycles. The molecule has 5 nitrogen and oxygen atoms in total. The SMILES string of the molecule is C[C@]1(c2cc(CC(=O)c3ccc(Cl)cn3)ccc2F)N=C(N)OC[C@@H]1F. The number of hydrogen-bond donors (Lipinski definition) is 1. The lowest BCUT2D eigenvalue weighted by Gasteiger charge is -2.33. The molecule has 1 aliphatic rings. The van der Waals surface area contributed by atoms with Crippen LogP contribution in [0.25, 0.3) is 0 Å². The van der Waals surface area contributed by atoms with Gasteiger partial charge in [-0.1, -0.05) is 17.7 Å². The van der Waals surface area contributed by atoms with E-state index in [9.17, 15) is 13.6 Å². The summed E-state index contributed by atoms with van der Waals surface area (Å²) in [7, 11) is 0. The number of carbonyl (C=O) groups is 1. The van der Waals surface area contributed by atoms with Gasteiger partial charge in [0.05, 0.1) is 5.02 Å². The first kappa shape index (κ1) is 18.3. The predicted octanol–water partition coefficient (Wildman–Crippen LogP) is 3.20. The fourth-order valence-corrected chi connectivity index (χ4v) is 2.88. The molecule has 136 valence electrons. The maximum absolute atomic E-state index is 14.4. The molecular weight excluding hydrogens is 364 g/mol. The summed E-state index contributed by atoms with van der Waals surface area (Å²) in [4.78, 5) is 20.3. The lowest BCUT2D eigenvalue weighted by atomic mass is 9.85. The summed E-state index contributed by atoms with van der Waals surface area (Å²) < 4.78 is 33.7. The fraction of sp³-hybridized carbons (Fsp3) is 0.278. The Bertz CT molecular complexity index is 873. The Morgan fingerprint density at radius 1 is 1.42 bits per heavy atom. The summed E-state index contributed by atoms with van der Waals surface area (Å²) in [5.41, 5.74) is 4.78. The minimum atomic E-state index is -1.58. The van der Waals surface area contributed by atoms with Gasteiger partial charge in [-0.3, -0.25) is 9.78 Å². The molecule has 2 heterocycles. The summed E-state index contributed by atoms with van der Waals surface area (Å²) in [6, 6.07) is 6.95. The number of Topliss-reactive ketones (excluding diaryl/α,β-unsaturated/α-hetero) is 1. The van der Waals surface area contributed by atoms with Crippen molar-refractivity contribution in [1.82, 2.24) is 4.98 Å². The van der Waals surface area contributed by atoms with E-state index in [1.807, 2.05) is 0 Å². The van der Waals surface area contributed by atoms with Crippen LogP contribution in [-0.4, -0.2) is 29.6 Å². The molecule has 3 rings (SSSR count). The summed E-state index contributed by atoms with van der Waals surface area (Å²) in [5.74, 6) is -0.898. The number of alkyl halides is 1. The van der Waals surface area contributed by atoms with Gasteiger partial charge in [-0.15, -0.1) is 0 Å². The van der Waals surface area contributed by atoms with Gasteiger partial charge in [0, 0.05) is 18.2 Å². The van der Waals surface area contributed by atoms with Gasteiger partial charge in [0.15, 0.2) is 12.0 Å². The molecule has 8 heteroatoms. The lowest BCUT2D eigenvalue weighted by molar-refractivity contribution is 0.0921. The van der Waals surface area contributed by atoms with Crippen LogP contribution in [0, 0.1) is 5.82 Å². The highest BCUT2D eigenvalue weighted by molar-refractivity contribution is 6.30. The number of amidine groups is 1. The second kappa shape index (κ2) is 6.99. The molecule has 2 aromatic rings. The molecule has 2 N–H and O–H groups in total. The van der Waals surface area contributed by atoms with E-state index in [0.29, 0.717) is 10.6 Å². The number of ketones is 1. The van der Waals surface area contributed by atoms with Crippen molar-refractivity contribution >= 4 is 23.4 Å². The second-order valence-corrected chi connectivity index (χ2v) is 6.59. The molecule has 0 radical (unpaired) electrons. The van der Waals surface area contributed by atoms with Crippen molar-refractivity contribution in [2.45, 2.75) is 25.1 Å². The number of benzene rings is 1. The Kier molecular flexibility index (Phi) is 4.91. The number of ether oxygens (including phenoxy) is 1. The third-order valence-electron chi connectivity index (χ3n) is 4.28. The van der Waals surface area contributed by atoms with Crippen molar-refractivity contribution < 1.29 is 18.3 Å². The number of rotatable bonds is 4. The Morgan fingerprint density at radius 3 is 2.88 bits per heavy atom. The van der Waals surface area contributed by atoms with Crippen LogP contribution in [0.4, 0.5) is 8.78 Å². The highest BCUT2D eigenvalue weighted by atomic mass is 35.5. The smallest absolute Gasteiger partial charge is 0.283 e. The van der Waals surface area contributed by atoms with Crippen LogP contribution in [0.1, 0.15) is 28.5 Å². The molecule has 0 saturated heterocycles. The van der Waals surface area contributed by atoms with Crippen LogP contribution in [0.2, 0.25) is 5.02 Å². The van der Waals surface area contributed by atoms with Crippen LogP contribution in [0.5, 0.6) is 0 Å². The van der Waals surface area contributed by atoms with Gasteiger partial charge in [0.1, 0.15) is 23.7 Å². The van der Waals surface area contributed by atoms with Crippen LogP contribution in [0.15, 0.2) is 41.5 Å². The van der Waals surface area contributed by atoms with Crippen molar-refractivity contribution in [2.75, 3.05) is 6.61 Å². The number of nitrogens with two attached hydrogens (primary N) is 1. The van der Waals surface area contributed by atoms with E-state index >= 15 is 0 Å². The van der Waals surface area contributed by atoms with Crippen LogP contribution < -0.4 is 5.73 Å². The molecule has 0 fully saturated rings. The van der Waals surface area contributed by atoms with Gasteiger partial charge in [-0.05, 0) is 36.8 Å². The summed E-state index contributed by atoms with van der Waals surface area (Å²) in [5, 5.41) is 0.419. The van der Waals surface area contributed by atoms with Crippen molar-refractivity contribution in [3.63, 3.8) is 0 Å². The molecule has 1 aromatic heterocycles. The predicted molar refractivity (Wildman–Crippen MR) is 93.5 cm³/mol. The molecule has 0 spiro atoms. The average molecular weight is 380 g/mol. The maximum Gasteiger partial charge on any atom is 0.283 e. The van der Waals surface area contributed by atoms with E-state index in [1.54, 1.807) is 6.07 Å². The lowest BCUT2D eigenvalue weighted by Crippen LogP contribution is -2.43. The Hall–Kier alpha value is -2.54. The number of aliphatic imine (C=N–C) groups is 1. The zero-order chi connectivity index (χ0) is 18.9. The minimum Gasteiger partial charge on any atom is -0.462 e. The number of halogens is 3. The molecular formula is C18H16ClF2N3O2. The van der Waals surface area contributed by atoms with Gasteiger partial charge in [-0.2, -0.15) is 0 Å². The first-order valence-electron chi connectivity index (χ1n) is 7.85. The highest BCUT2D eigenvalue weighted by Gasteiger charge is 2.42. The number of pyridine rings is 1. The van der Waals surface area contributed by atoms with E-state index in [2.05, 4.69) is 9.98 Å². The molecule has 1 aromatic carbocycles. The van der Waals surface area contributed by atoms with Crippen LogP contribution >= 0.6 is 11.6 Å². The monoisotopic (exact) mass is 379 g/mol. The van der Waals surface area contributed by atoms with Crippen molar-refractivity contribution in [1.29, 1.82) is 0 Å². The number of aromatic nitrogens is 1. The molecule has 0 saturated carbocycles. The molecule has 1 aliphatic heterocycles. The van der Waals surface area contributed by atoms with Gasteiger partial charge < -0.3 is 10.5 Å². The van der Waals surface area contributed by atoms with E-state index in [4.69, 9.17) is 22.1 Å². The van der Waals surface area contributed by atoms with E-state index in [1.165, 1.54) is 37.4 Å². The Balaban J connectivity index is 1.92. The number of nitrogens with zero attached hydrogens (tertiary/aromatic N) is 2. The van der Waals surface area contributed by atoms with E-state index in [-0.39, 0.29) is 36.1 Å². The third kappa shape index (κ3) is 3.53. The highest BCUT2D eigenvalue weighted by Crippen LogP contribution is 2.36. The fourth-order valence-electron chi connectivity index (χ4n) is 2.77. The quantitative estimate of drug-likeness (QED) is 0.827.